The fourth-order valence-corrected chi connectivity index (χ4v) is 2.65. The molecule has 0 unspecified atom stereocenters. The number of hydrazone groups is 1. The van der Waals surface area contributed by atoms with Crippen molar-refractivity contribution in [3.05, 3.63) is 65.7 Å². The van der Waals surface area contributed by atoms with Crippen LogP contribution in [0.15, 0.2) is 58.6 Å². The van der Waals surface area contributed by atoms with Crippen LogP contribution in [0.5, 0.6) is 0 Å². The number of halogens is 1. The highest BCUT2D eigenvalue weighted by atomic mass is 19.1. The number of nitrogens with zero attached hydrogens (tertiary/aromatic N) is 4. The number of amidine groups is 1. The molecular weight excluding hydrogens is 333 g/mol. The molecule has 0 amide bonds. The summed E-state index contributed by atoms with van der Waals surface area (Å²) in [5, 5.41) is 4.84. The third-order valence-electron chi connectivity index (χ3n) is 3.93. The van der Waals surface area contributed by atoms with Crippen LogP contribution in [-0.2, 0) is 0 Å². The molecule has 7 heteroatoms. The molecule has 0 bridgehead atoms. The van der Waals surface area contributed by atoms with Gasteiger partial charge >= 0.3 is 0 Å². The van der Waals surface area contributed by atoms with Crippen molar-refractivity contribution in [3.63, 3.8) is 0 Å². The summed E-state index contributed by atoms with van der Waals surface area (Å²) in [5.41, 5.74) is 4.71. The summed E-state index contributed by atoms with van der Waals surface area (Å²) in [6.45, 7) is 1.90. The monoisotopic (exact) mass is 347 g/mol. The first-order chi connectivity index (χ1) is 12.6. The maximum absolute atomic E-state index is 13.1. The number of carbonyl (C=O) groups excluding carboxylic acids is 1. The molecule has 128 valence electrons. The van der Waals surface area contributed by atoms with Gasteiger partial charge in [0.2, 0.25) is 11.6 Å². The molecule has 0 atom stereocenters. The van der Waals surface area contributed by atoms with Gasteiger partial charge in [0, 0.05) is 23.1 Å². The molecule has 1 aromatic heterocycles. The molecule has 6 nitrogen and oxygen atoms in total. The Morgan fingerprint density at radius 1 is 1.12 bits per heavy atom. The average Bonchev–Trinajstić information content (AvgIpc) is 3.06. The maximum Gasteiger partial charge on any atom is 0.230 e. The molecular formula is C19H14FN5O. The van der Waals surface area contributed by atoms with Crippen molar-refractivity contribution in [3.8, 4) is 0 Å². The van der Waals surface area contributed by atoms with Gasteiger partial charge in [0.1, 0.15) is 11.7 Å². The van der Waals surface area contributed by atoms with E-state index in [0.717, 1.165) is 11.1 Å². The third-order valence-corrected chi connectivity index (χ3v) is 3.93. The second-order valence-electron chi connectivity index (χ2n) is 5.92. The van der Waals surface area contributed by atoms with Crippen LogP contribution in [0.1, 0.15) is 29.5 Å². The van der Waals surface area contributed by atoms with Crippen molar-refractivity contribution in [1.29, 1.82) is 0 Å². The van der Waals surface area contributed by atoms with Gasteiger partial charge in [-0.2, -0.15) is 5.10 Å². The van der Waals surface area contributed by atoms with Gasteiger partial charge in [0.05, 0.1) is 5.52 Å². The number of ketones is 1. The van der Waals surface area contributed by atoms with Gasteiger partial charge in [-0.25, -0.2) is 19.4 Å². The molecule has 0 saturated heterocycles. The number of para-hydroxylation sites is 1. The van der Waals surface area contributed by atoms with E-state index in [2.05, 4.69) is 25.5 Å². The molecule has 4 rings (SSSR count). The Morgan fingerprint density at radius 3 is 2.62 bits per heavy atom. The summed E-state index contributed by atoms with van der Waals surface area (Å²) in [6.07, 6.45) is 0.597. The van der Waals surface area contributed by atoms with Gasteiger partial charge in [-0.1, -0.05) is 12.1 Å². The minimum absolute atomic E-state index is 0.0188. The van der Waals surface area contributed by atoms with Crippen molar-refractivity contribution in [1.82, 2.24) is 15.4 Å². The van der Waals surface area contributed by atoms with Crippen LogP contribution in [0.25, 0.3) is 10.9 Å². The first kappa shape index (κ1) is 16.0. The summed E-state index contributed by atoms with van der Waals surface area (Å²) in [4.78, 5) is 25.9. The molecule has 0 radical (unpaired) electrons. The average molecular weight is 347 g/mol. The fourth-order valence-electron chi connectivity index (χ4n) is 2.65. The smallest absolute Gasteiger partial charge is 0.230 e. The highest BCUT2D eigenvalue weighted by molar-refractivity contribution is 6.09. The Balaban J connectivity index is 1.81. The molecule has 2 aromatic carbocycles. The lowest BCUT2D eigenvalue weighted by Crippen LogP contribution is -2.11. The molecule has 3 aromatic rings. The largest absolute Gasteiger partial charge is 0.285 e. The Kier molecular flexibility index (Phi) is 3.96. The maximum atomic E-state index is 13.1. The normalized spacial score (nSPS) is 15.2. The van der Waals surface area contributed by atoms with Gasteiger partial charge < -0.3 is 0 Å². The summed E-state index contributed by atoms with van der Waals surface area (Å²) in [7, 11) is 0. The Hall–Kier alpha value is -3.48. The molecule has 0 aliphatic carbocycles. The highest BCUT2D eigenvalue weighted by Crippen LogP contribution is 2.24. The molecule has 1 N–H and O–H groups in total. The van der Waals surface area contributed by atoms with Gasteiger partial charge in [-0.3, -0.25) is 10.2 Å². The molecule has 0 saturated carbocycles. The highest BCUT2D eigenvalue weighted by Gasteiger charge is 2.17. The summed E-state index contributed by atoms with van der Waals surface area (Å²) >= 11 is 0. The predicted molar refractivity (Wildman–Crippen MR) is 97.3 cm³/mol. The standard InChI is InChI=1S/C19H14FN5O/c1-11-10-16(25-24-11)22-18-14-4-2-3-5-15(14)21-19(23-18)17(26)12-6-8-13(20)9-7-12/h2-9H,10H2,1H3,(H,21,22,23,25). The molecule has 1 aliphatic rings. The molecule has 26 heavy (non-hydrogen) atoms. The van der Waals surface area contributed by atoms with Crippen LogP contribution in [0.4, 0.5) is 10.2 Å². The lowest BCUT2D eigenvalue weighted by molar-refractivity contribution is 0.103. The van der Waals surface area contributed by atoms with Crippen LogP contribution >= 0.6 is 0 Å². The van der Waals surface area contributed by atoms with Crippen LogP contribution in [-0.4, -0.2) is 27.3 Å². The van der Waals surface area contributed by atoms with E-state index in [9.17, 15) is 9.18 Å². The van der Waals surface area contributed by atoms with E-state index in [1.165, 1.54) is 24.3 Å². The molecule has 2 heterocycles. The van der Waals surface area contributed by atoms with Gasteiger partial charge in [0.25, 0.3) is 0 Å². The number of rotatable bonds is 3. The fraction of sp³-hybridized carbons (Fsp3) is 0.105. The number of carbonyl (C=O) groups is 1. The van der Waals surface area contributed by atoms with Crippen LogP contribution in [0.2, 0.25) is 0 Å². The van der Waals surface area contributed by atoms with Crippen molar-refractivity contribution in [2.75, 3.05) is 0 Å². The van der Waals surface area contributed by atoms with Crippen molar-refractivity contribution in [2.45, 2.75) is 13.3 Å². The Labute approximate surface area is 148 Å². The number of aromatic nitrogens is 2. The number of hydrogen-bond donors (Lipinski definition) is 1. The first-order valence-corrected chi connectivity index (χ1v) is 8.04. The van der Waals surface area contributed by atoms with E-state index < -0.39 is 5.82 Å². The Morgan fingerprint density at radius 2 is 1.88 bits per heavy atom. The Bertz CT molecular complexity index is 1070. The van der Waals surface area contributed by atoms with E-state index in [1.807, 2.05) is 25.1 Å². The van der Waals surface area contributed by atoms with Crippen LogP contribution in [0, 0.1) is 5.82 Å². The van der Waals surface area contributed by atoms with Gasteiger partial charge in [0.15, 0.2) is 5.82 Å². The van der Waals surface area contributed by atoms with Gasteiger partial charge in [-0.05, 0) is 43.3 Å². The zero-order valence-corrected chi connectivity index (χ0v) is 13.9. The summed E-state index contributed by atoms with van der Waals surface area (Å²) in [6, 6.07) is 12.6. The van der Waals surface area contributed by atoms with E-state index in [-0.39, 0.29) is 11.6 Å². The molecule has 1 aliphatic heterocycles. The summed E-state index contributed by atoms with van der Waals surface area (Å²) < 4.78 is 13.1. The lowest BCUT2D eigenvalue weighted by atomic mass is 10.1. The van der Waals surface area contributed by atoms with Gasteiger partial charge in [-0.15, -0.1) is 0 Å². The van der Waals surface area contributed by atoms with E-state index in [0.29, 0.717) is 29.2 Å². The number of hydrogen-bond acceptors (Lipinski definition) is 5. The number of benzene rings is 2. The third kappa shape index (κ3) is 3.06. The van der Waals surface area contributed by atoms with Crippen LogP contribution < -0.4 is 5.43 Å². The number of nitrogens with one attached hydrogen (secondary N) is 1. The topological polar surface area (TPSA) is 79.6 Å². The van der Waals surface area contributed by atoms with E-state index in [4.69, 9.17) is 0 Å². The zero-order chi connectivity index (χ0) is 18.1. The summed E-state index contributed by atoms with van der Waals surface area (Å²) in [5.74, 6) is 0.282. The predicted octanol–water partition coefficient (Wildman–Crippen LogP) is 3.40. The van der Waals surface area contributed by atoms with E-state index in [1.54, 1.807) is 6.07 Å². The minimum atomic E-state index is -0.407. The SMILES string of the molecule is CC1=NNC(=Nc2nc(C(=O)c3ccc(F)cc3)nc3ccccc23)C1. The molecule has 0 spiro atoms. The van der Waals surface area contributed by atoms with Crippen molar-refractivity contribution >= 4 is 34.1 Å². The first-order valence-electron chi connectivity index (χ1n) is 8.04. The lowest BCUT2D eigenvalue weighted by Gasteiger charge is -2.06. The second kappa shape index (κ2) is 6.44. The van der Waals surface area contributed by atoms with Crippen LogP contribution in [0.3, 0.4) is 0 Å². The number of aliphatic imine (C=N–C) groups is 1. The second-order valence-corrected chi connectivity index (χ2v) is 5.92. The van der Waals surface area contributed by atoms with Crippen molar-refractivity contribution in [2.24, 2.45) is 10.1 Å². The van der Waals surface area contributed by atoms with Crippen molar-refractivity contribution < 1.29 is 9.18 Å². The minimum Gasteiger partial charge on any atom is -0.285 e. The zero-order valence-electron chi connectivity index (χ0n) is 13.9. The van der Waals surface area contributed by atoms with E-state index >= 15 is 0 Å². The number of fused-ring (bicyclic) bond motifs is 1. The molecule has 0 fully saturated rings. The quantitative estimate of drug-likeness (QED) is 0.737.